The SMILES string of the molecule is CC(=O)NCCCN1Cc2nc(NCc3cccnc3)ccc2C1=O. The highest BCUT2D eigenvalue weighted by Crippen LogP contribution is 2.23. The number of hydrogen-bond acceptors (Lipinski definition) is 5. The molecule has 0 radical (unpaired) electrons. The fraction of sp³-hybridized carbons (Fsp3) is 0.333. The lowest BCUT2D eigenvalue weighted by atomic mass is 10.2. The topological polar surface area (TPSA) is 87.2 Å². The van der Waals surface area contributed by atoms with Crippen molar-refractivity contribution in [2.24, 2.45) is 0 Å². The summed E-state index contributed by atoms with van der Waals surface area (Å²) in [6.45, 7) is 3.81. The van der Waals surface area contributed by atoms with E-state index in [1.165, 1.54) is 6.92 Å². The van der Waals surface area contributed by atoms with Crippen LogP contribution in [0.25, 0.3) is 0 Å². The van der Waals surface area contributed by atoms with E-state index < -0.39 is 0 Å². The van der Waals surface area contributed by atoms with Gasteiger partial charge in [0.2, 0.25) is 5.91 Å². The molecular formula is C18H21N5O2. The molecule has 0 saturated heterocycles. The second kappa shape index (κ2) is 7.74. The molecule has 130 valence electrons. The third-order valence-electron chi connectivity index (χ3n) is 4.01. The van der Waals surface area contributed by atoms with Crippen LogP contribution in [0.1, 0.15) is 35.0 Å². The van der Waals surface area contributed by atoms with E-state index in [2.05, 4.69) is 20.6 Å². The molecule has 0 fully saturated rings. The molecule has 0 spiro atoms. The molecule has 1 aliphatic rings. The lowest BCUT2D eigenvalue weighted by Gasteiger charge is -2.14. The van der Waals surface area contributed by atoms with Crippen molar-refractivity contribution < 1.29 is 9.59 Å². The minimum atomic E-state index is -0.0537. The first-order chi connectivity index (χ1) is 12.1. The van der Waals surface area contributed by atoms with E-state index in [0.717, 1.165) is 23.5 Å². The maximum atomic E-state index is 12.4. The van der Waals surface area contributed by atoms with Crippen molar-refractivity contribution in [1.82, 2.24) is 20.2 Å². The standard InChI is InChI=1S/C18H21N5O2/c1-13(24)20-8-3-9-23-12-16-15(18(23)25)5-6-17(22-16)21-11-14-4-2-7-19-10-14/h2,4-7,10H,3,8-9,11-12H2,1H3,(H,20,24)(H,21,22). The average Bonchev–Trinajstić information content (AvgIpc) is 2.93. The molecule has 0 aliphatic carbocycles. The number of aromatic nitrogens is 2. The minimum Gasteiger partial charge on any atom is -0.366 e. The number of amides is 2. The maximum absolute atomic E-state index is 12.4. The van der Waals surface area contributed by atoms with Crippen molar-refractivity contribution in [3.05, 3.63) is 53.5 Å². The first-order valence-electron chi connectivity index (χ1n) is 8.30. The molecule has 2 aromatic rings. The van der Waals surface area contributed by atoms with E-state index >= 15 is 0 Å². The summed E-state index contributed by atoms with van der Waals surface area (Å²) in [6, 6.07) is 7.54. The molecule has 25 heavy (non-hydrogen) atoms. The Hall–Kier alpha value is -2.96. The van der Waals surface area contributed by atoms with Gasteiger partial charge in [-0.2, -0.15) is 0 Å². The number of pyridine rings is 2. The van der Waals surface area contributed by atoms with Gasteiger partial charge in [0, 0.05) is 39.0 Å². The molecule has 0 atom stereocenters. The second-order valence-electron chi connectivity index (χ2n) is 5.97. The number of carbonyl (C=O) groups is 2. The van der Waals surface area contributed by atoms with Gasteiger partial charge in [-0.1, -0.05) is 6.07 Å². The molecule has 2 N–H and O–H groups in total. The predicted molar refractivity (Wildman–Crippen MR) is 93.8 cm³/mol. The van der Waals surface area contributed by atoms with E-state index in [4.69, 9.17) is 0 Å². The number of fused-ring (bicyclic) bond motifs is 1. The number of anilines is 1. The summed E-state index contributed by atoms with van der Waals surface area (Å²) >= 11 is 0. The van der Waals surface area contributed by atoms with Crippen LogP contribution >= 0.6 is 0 Å². The number of nitrogens with one attached hydrogen (secondary N) is 2. The molecule has 2 amide bonds. The Morgan fingerprint density at radius 3 is 2.96 bits per heavy atom. The van der Waals surface area contributed by atoms with Crippen molar-refractivity contribution in [2.75, 3.05) is 18.4 Å². The molecule has 3 heterocycles. The number of hydrogen-bond donors (Lipinski definition) is 2. The maximum Gasteiger partial charge on any atom is 0.256 e. The zero-order valence-electron chi connectivity index (χ0n) is 14.2. The molecule has 1 aliphatic heterocycles. The smallest absolute Gasteiger partial charge is 0.256 e. The summed E-state index contributed by atoms with van der Waals surface area (Å²) < 4.78 is 0. The Kier molecular flexibility index (Phi) is 5.23. The Balaban J connectivity index is 1.56. The highest BCUT2D eigenvalue weighted by Gasteiger charge is 2.28. The average molecular weight is 339 g/mol. The fourth-order valence-electron chi connectivity index (χ4n) is 2.75. The van der Waals surface area contributed by atoms with E-state index in [1.54, 1.807) is 17.3 Å². The summed E-state index contributed by atoms with van der Waals surface area (Å²) in [5.74, 6) is 0.696. The molecule has 0 bridgehead atoms. The monoisotopic (exact) mass is 339 g/mol. The quantitative estimate of drug-likeness (QED) is 0.748. The number of rotatable bonds is 7. The van der Waals surface area contributed by atoms with Gasteiger partial charge in [-0.05, 0) is 30.2 Å². The molecule has 0 saturated carbocycles. The molecule has 0 unspecified atom stereocenters. The Labute approximate surface area is 146 Å². The van der Waals surface area contributed by atoms with Gasteiger partial charge < -0.3 is 15.5 Å². The summed E-state index contributed by atoms with van der Waals surface area (Å²) in [7, 11) is 0. The molecule has 0 aromatic carbocycles. The van der Waals surface area contributed by atoms with Gasteiger partial charge in [0.05, 0.1) is 17.8 Å². The minimum absolute atomic E-state index is 0.00383. The molecule has 2 aromatic heterocycles. The zero-order valence-corrected chi connectivity index (χ0v) is 14.2. The zero-order chi connectivity index (χ0) is 17.6. The Morgan fingerprint density at radius 2 is 2.20 bits per heavy atom. The van der Waals surface area contributed by atoms with Crippen LogP contribution in [0.2, 0.25) is 0 Å². The molecule has 3 rings (SSSR count). The second-order valence-corrected chi connectivity index (χ2v) is 5.97. The van der Waals surface area contributed by atoms with Crippen molar-refractivity contribution in [3.63, 3.8) is 0 Å². The molecule has 7 heteroatoms. The van der Waals surface area contributed by atoms with Crippen LogP contribution in [0.4, 0.5) is 5.82 Å². The Bertz CT molecular complexity index is 763. The van der Waals surface area contributed by atoms with E-state index in [-0.39, 0.29) is 11.8 Å². The number of nitrogens with zero attached hydrogens (tertiary/aromatic N) is 3. The van der Waals surface area contributed by atoms with Crippen molar-refractivity contribution in [1.29, 1.82) is 0 Å². The predicted octanol–water partition coefficient (Wildman–Crippen LogP) is 1.57. The lowest BCUT2D eigenvalue weighted by molar-refractivity contribution is -0.118. The van der Waals surface area contributed by atoms with Crippen molar-refractivity contribution in [2.45, 2.75) is 26.4 Å². The van der Waals surface area contributed by atoms with Crippen LogP contribution in [0.15, 0.2) is 36.7 Å². The summed E-state index contributed by atoms with van der Waals surface area (Å²) in [5.41, 5.74) is 2.52. The first kappa shape index (κ1) is 16.9. The van der Waals surface area contributed by atoms with Gasteiger partial charge in [-0.25, -0.2) is 4.98 Å². The van der Waals surface area contributed by atoms with E-state index in [1.807, 2.05) is 24.3 Å². The van der Waals surface area contributed by atoms with E-state index in [0.29, 0.717) is 31.7 Å². The molecular weight excluding hydrogens is 318 g/mol. The summed E-state index contributed by atoms with van der Waals surface area (Å²) in [4.78, 5) is 33.7. The van der Waals surface area contributed by atoms with Gasteiger partial charge >= 0.3 is 0 Å². The van der Waals surface area contributed by atoms with Crippen molar-refractivity contribution >= 4 is 17.6 Å². The molecule has 7 nitrogen and oxygen atoms in total. The van der Waals surface area contributed by atoms with Crippen LogP contribution in [-0.4, -0.2) is 39.8 Å². The van der Waals surface area contributed by atoms with Crippen LogP contribution < -0.4 is 10.6 Å². The Morgan fingerprint density at radius 1 is 1.32 bits per heavy atom. The van der Waals surface area contributed by atoms with Gasteiger partial charge in [-0.3, -0.25) is 14.6 Å². The van der Waals surface area contributed by atoms with E-state index in [9.17, 15) is 9.59 Å². The van der Waals surface area contributed by atoms with Crippen LogP contribution in [0.5, 0.6) is 0 Å². The third-order valence-corrected chi connectivity index (χ3v) is 4.01. The van der Waals surface area contributed by atoms with Gasteiger partial charge in [-0.15, -0.1) is 0 Å². The number of carbonyl (C=O) groups excluding carboxylic acids is 2. The van der Waals surface area contributed by atoms with Crippen LogP contribution in [0.3, 0.4) is 0 Å². The third kappa shape index (κ3) is 4.32. The highest BCUT2D eigenvalue weighted by molar-refractivity contribution is 5.98. The first-order valence-corrected chi connectivity index (χ1v) is 8.30. The normalized spacial score (nSPS) is 12.8. The lowest BCUT2D eigenvalue weighted by Crippen LogP contribution is -2.29. The van der Waals surface area contributed by atoms with Crippen molar-refractivity contribution in [3.8, 4) is 0 Å². The summed E-state index contributed by atoms with van der Waals surface area (Å²) in [5, 5.41) is 6.00. The van der Waals surface area contributed by atoms with Crippen LogP contribution in [-0.2, 0) is 17.9 Å². The van der Waals surface area contributed by atoms with Gasteiger partial charge in [0.25, 0.3) is 5.91 Å². The summed E-state index contributed by atoms with van der Waals surface area (Å²) in [6.07, 6.45) is 4.27. The highest BCUT2D eigenvalue weighted by atomic mass is 16.2. The van der Waals surface area contributed by atoms with Gasteiger partial charge in [0.15, 0.2) is 0 Å². The van der Waals surface area contributed by atoms with Crippen LogP contribution in [0, 0.1) is 0 Å². The van der Waals surface area contributed by atoms with Gasteiger partial charge in [0.1, 0.15) is 5.82 Å². The fourth-order valence-corrected chi connectivity index (χ4v) is 2.75. The largest absolute Gasteiger partial charge is 0.366 e.